The van der Waals surface area contributed by atoms with Gasteiger partial charge in [0, 0.05) is 0 Å². The molecule has 1 aliphatic carbocycles. The molecule has 0 saturated carbocycles. The minimum atomic E-state index is -0.902. The first kappa shape index (κ1) is 17.7. The summed E-state index contributed by atoms with van der Waals surface area (Å²) in [5.74, 6) is 0.195. The van der Waals surface area contributed by atoms with Gasteiger partial charge in [0.15, 0.2) is 0 Å². The van der Waals surface area contributed by atoms with Gasteiger partial charge in [0.2, 0.25) is 11.8 Å². The van der Waals surface area contributed by atoms with Gasteiger partial charge in [-0.25, -0.2) is 0 Å². The van der Waals surface area contributed by atoms with Gasteiger partial charge >= 0.3 is 0 Å². The molecule has 0 aromatic heterocycles. The van der Waals surface area contributed by atoms with Crippen molar-refractivity contribution < 1.29 is 19.4 Å². The van der Waals surface area contributed by atoms with E-state index in [-0.39, 0.29) is 36.8 Å². The Balaban J connectivity index is 1.59. The van der Waals surface area contributed by atoms with Crippen LogP contribution in [-0.2, 0) is 9.59 Å². The number of hydrogen-bond donors (Lipinski definition) is 1. The average Bonchev–Trinajstić information content (AvgIpc) is 2.85. The number of fused-ring (bicyclic) bond motifs is 1. The number of benzene rings is 1. The number of imide groups is 1. The first-order valence-electron chi connectivity index (χ1n) is 8.89. The van der Waals surface area contributed by atoms with E-state index in [4.69, 9.17) is 4.74 Å². The zero-order valence-corrected chi connectivity index (χ0v) is 14.7. The number of allylic oxidation sites excluding steroid dienone is 2. The molecule has 2 amide bonds. The number of aliphatic hydroxyl groups excluding tert-OH is 1. The standard InChI is InChI=1S/C20H25NO4/c1-13(2)15-7-5-6-10-18(15)25-12-14(22)11-21-19(23)16-8-3-4-9-17(16)20(21)24/h3-7,10,13-14,16-17,22H,8-9,11-12H2,1-2H3/t14-,16+,17+/m1/s1. The van der Waals surface area contributed by atoms with Crippen molar-refractivity contribution in [3.63, 3.8) is 0 Å². The second-order valence-corrected chi connectivity index (χ2v) is 7.10. The molecule has 0 spiro atoms. The number of aliphatic hydroxyl groups is 1. The predicted octanol–water partition coefficient (Wildman–Crippen LogP) is 2.50. The number of carbonyl (C=O) groups is 2. The van der Waals surface area contributed by atoms with Crippen LogP contribution in [0.5, 0.6) is 5.75 Å². The number of likely N-dealkylation sites (tertiary alicyclic amines) is 1. The van der Waals surface area contributed by atoms with Crippen LogP contribution < -0.4 is 4.74 Å². The molecule has 0 bridgehead atoms. The van der Waals surface area contributed by atoms with Crippen molar-refractivity contribution >= 4 is 11.8 Å². The summed E-state index contributed by atoms with van der Waals surface area (Å²) in [7, 11) is 0. The van der Waals surface area contributed by atoms with E-state index in [9.17, 15) is 14.7 Å². The summed E-state index contributed by atoms with van der Waals surface area (Å²) >= 11 is 0. The van der Waals surface area contributed by atoms with Crippen LogP contribution in [0, 0.1) is 11.8 Å². The maximum Gasteiger partial charge on any atom is 0.233 e. The van der Waals surface area contributed by atoms with E-state index in [2.05, 4.69) is 13.8 Å². The summed E-state index contributed by atoms with van der Waals surface area (Å²) < 4.78 is 5.75. The van der Waals surface area contributed by atoms with E-state index in [0.29, 0.717) is 18.8 Å². The largest absolute Gasteiger partial charge is 0.491 e. The smallest absolute Gasteiger partial charge is 0.233 e. The number of nitrogens with zero attached hydrogens (tertiary/aromatic N) is 1. The molecule has 134 valence electrons. The van der Waals surface area contributed by atoms with Crippen LogP contribution in [0.25, 0.3) is 0 Å². The summed E-state index contributed by atoms with van der Waals surface area (Å²) in [6.07, 6.45) is 4.23. The number of ether oxygens (including phenoxy) is 1. The van der Waals surface area contributed by atoms with Gasteiger partial charge in [-0.3, -0.25) is 14.5 Å². The summed E-state index contributed by atoms with van der Waals surface area (Å²) in [6, 6.07) is 7.71. The summed E-state index contributed by atoms with van der Waals surface area (Å²) in [4.78, 5) is 26.1. The van der Waals surface area contributed by atoms with Crippen LogP contribution in [0.1, 0.15) is 38.2 Å². The summed E-state index contributed by atoms with van der Waals surface area (Å²) in [6.45, 7) is 4.20. The maximum absolute atomic E-state index is 12.4. The van der Waals surface area contributed by atoms with Gasteiger partial charge in [-0.1, -0.05) is 44.2 Å². The summed E-state index contributed by atoms with van der Waals surface area (Å²) in [5, 5.41) is 10.3. The van der Waals surface area contributed by atoms with Crippen LogP contribution in [0.3, 0.4) is 0 Å². The third-order valence-corrected chi connectivity index (χ3v) is 4.96. The second-order valence-electron chi connectivity index (χ2n) is 7.10. The number of carbonyl (C=O) groups excluding carboxylic acids is 2. The molecule has 3 rings (SSSR count). The Kier molecular flexibility index (Phi) is 5.23. The van der Waals surface area contributed by atoms with Gasteiger partial charge in [-0.15, -0.1) is 0 Å². The molecule has 1 aromatic carbocycles. The van der Waals surface area contributed by atoms with Crippen molar-refractivity contribution in [2.45, 2.75) is 38.7 Å². The lowest BCUT2D eigenvalue weighted by Crippen LogP contribution is -2.40. The van der Waals surface area contributed by atoms with E-state index in [1.807, 2.05) is 36.4 Å². The van der Waals surface area contributed by atoms with Gasteiger partial charge in [0.05, 0.1) is 18.4 Å². The highest BCUT2D eigenvalue weighted by Gasteiger charge is 2.47. The number of β-amino-alcohol motifs (C(OH)–C–C–N with tert-alkyl or cyclic N) is 1. The first-order chi connectivity index (χ1) is 12.0. The zero-order valence-electron chi connectivity index (χ0n) is 14.7. The van der Waals surface area contributed by atoms with Crippen LogP contribution in [0.2, 0.25) is 0 Å². The topological polar surface area (TPSA) is 66.8 Å². The van der Waals surface area contributed by atoms with E-state index in [1.54, 1.807) is 0 Å². The van der Waals surface area contributed by atoms with E-state index in [0.717, 1.165) is 11.3 Å². The monoisotopic (exact) mass is 343 g/mol. The predicted molar refractivity (Wildman–Crippen MR) is 94.1 cm³/mol. The van der Waals surface area contributed by atoms with Gasteiger partial charge < -0.3 is 9.84 Å². The minimum absolute atomic E-state index is 0.00544. The van der Waals surface area contributed by atoms with Gasteiger partial charge in [-0.05, 0) is 30.4 Å². The fraction of sp³-hybridized carbons (Fsp3) is 0.500. The Morgan fingerprint density at radius 1 is 1.12 bits per heavy atom. The van der Waals surface area contributed by atoms with E-state index in [1.165, 1.54) is 4.90 Å². The lowest BCUT2D eigenvalue weighted by Gasteiger charge is -2.20. The fourth-order valence-corrected chi connectivity index (χ4v) is 3.59. The van der Waals surface area contributed by atoms with E-state index < -0.39 is 6.10 Å². The van der Waals surface area contributed by atoms with Crippen molar-refractivity contribution in [1.29, 1.82) is 0 Å². The van der Waals surface area contributed by atoms with Crippen LogP contribution in [0.4, 0.5) is 0 Å². The van der Waals surface area contributed by atoms with Gasteiger partial charge in [0.1, 0.15) is 18.5 Å². The van der Waals surface area contributed by atoms with E-state index >= 15 is 0 Å². The lowest BCUT2D eigenvalue weighted by atomic mass is 9.85. The Labute approximate surface area is 148 Å². The highest BCUT2D eigenvalue weighted by molar-refractivity contribution is 6.05. The number of rotatable bonds is 6. The Morgan fingerprint density at radius 3 is 2.32 bits per heavy atom. The zero-order chi connectivity index (χ0) is 18.0. The molecule has 25 heavy (non-hydrogen) atoms. The molecule has 1 aromatic rings. The molecule has 5 heteroatoms. The molecule has 1 N–H and O–H groups in total. The molecule has 0 radical (unpaired) electrons. The van der Waals surface area contributed by atoms with Crippen LogP contribution >= 0.6 is 0 Å². The van der Waals surface area contributed by atoms with Crippen molar-refractivity contribution in [2.24, 2.45) is 11.8 Å². The lowest BCUT2D eigenvalue weighted by molar-refractivity contribution is -0.141. The Bertz CT molecular complexity index is 656. The third kappa shape index (κ3) is 3.61. The van der Waals surface area contributed by atoms with Crippen molar-refractivity contribution in [2.75, 3.05) is 13.2 Å². The van der Waals surface area contributed by atoms with Crippen molar-refractivity contribution in [3.05, 3.63) is 42.0 Å². The Morgan fingerprint density at radius 2 is 1.72 bits per heavy atom. The normalized spacial score (nSPS) is 23.9. The van der Waals surface area contributed by atoms with Gasteiger partial charge in [0.25, 0.3) is 0 Å². The highest BCUT2D eigenvalue weighted by atomic mass is 16.5. The first-order valence-corrected chi connectivity index (χ1v) is 8.89. The molecule has 1 aliphatic heterocycles. The molecule has 0 unspecified atom stereocenters. The number of hydrogen-bond acceptors (Lipinski definition) is 4. The Hall–Kier alpha value is -2.14. The van der Waals surface area contributed by atoms with Crippen molar-refractivity contribution in [1.82, 2.24) is 4.90 Å². The molecule has 1 heterocycles. The second kappa shape index (κ2) is 7.40. The van der Waals surface area contributed by atoms with Crippen LogP contribution in [-0.4, -0.2) is 41.1 Å². The molecular weight excluding hydrogens is 318 g/mol. The fourth-order valence-electron chi connectivity index (χ4n) is 3.59. The number of para-hydroxylation sites is 1. The maximum atomic E-state index is 12.4. The molecule has 1 fully saturated rings. The summed E-state index contributed by atoms with van der Waals surface area (Å²) in [5.41, 5.74) is 1.07. The number of amides is 2. The minimum Gasteiger partial charge on any atom is -0.491 e. The SMILES string of the molecule is CC(C)c1ccccc1OC[C@H](O)CN1C(=O)[C@H]2CC=CC[C@@H]2C1=O. The van der Waals surface area contributed by atoms with Crippen LogP contribution in [0.15, 0.2) is 36.4 Å². The molecular formula is C20H25NO4. The molecule has 3 atom stereocenters. The average molecular weight is 343 g/mol. The van der Waals surface area contributed by atoms with Gasteiger partial charge in [-0.2, -0.15) is 0 Å². The quantitative estimate of drug-likeness (QED) is 0.637. The third-order valence-electron chi connectivity index (χ3n) is 4.96. The molecule has 1 saturated heterocycles. The molecule has 5 nitrogen and oxygen atoms in total. The highest BCUT2D eigenvalue weighted by Crippen LogP contribution is 2.35. The van der Waals surface area contributed by atoms with Crippen molar-refractivity contribution in [3.8, 4) is 5.75 Å². The molecule has 2 aliphatic rings.